The first kappa shape index (κ1) is 22.6. The summed E-state index contributed by atoms with van der Waals surface area (Å²) in [5.41, 5.74) is 3.24. The van der Waals surface area contributed by atoms with E-state index in [1.54, 1.807) is 12.1 Å². The Bertz CT molecular complexity index is 1320. The number of aryl methyl sites for hydroxylation is 1. The zero-order valence-corrected chi connectivity index (χ0v) is 18.1. The Balaban J connectivity index is 1.58. The Labute approximate surface area is 190 Å². The maximum Gasteiger partial charge on any atom is 0.416 e. The van der Waals surface area contributed by atoms with E-state index in [0.29, 0.717) is 10.9 Å². The van der Waals surface area contributed by atoms with Crippen molar-refractivity contribution in [1.29, 1.82) is 0 Å². The molecule has 0 aliphatic rings. The second-order valence-electron chi connectivity index (χ2n) is 7.99. The fraction of sp³-hybridized carbons (Fsp3) is 0.172. The number of fused-ring (bicyclic) bond motifs is 1. The SMILES string of the molecule is CCCCc1ccc(-c2ccc3c(F)c(C#Cc4ccc(C(F)(F)F)cc4)ccc3c2)cc1. The maximum absolute atomic E-state index is 15.0. The van der Waals surface area contributed by atoms with Crippen LogP contribution in [0, 0.1) is 17.7 Å². The van der Waals surface area contributed by atoms with Gasteiger partial charge in [0.25, 0.3) is 0 Å². The van der Waals surface area contributed by atoms with Gasteiger partial charge in [0.1, 0.15) is 5.82 Å². The minimum atomic E-state index is -4.40. The molecule has 0 heterocycles. The Morgan fingerprint density at radius 3 is 2.12 bits per heavy atom. The molecule has 0 bridgehead atoms. The fourth-order valence-electron chi connectivity index (χ4n) is 3.69. The van der Waals surface area contributed by atoms with Crippen molar-refractivity contribution < 1.29 is 17.6 Å². The standard InChI is InChI=1S/C29H22F4/c1-2-3-4-20-5-10-22(11-6-20)24-15-18-27-25(19-24)14-13-23(28(27)30)12-7-21-8-16-26(17-9-21)29(31,32)33/h5-6,8-11,13-19H,2-4H2,1H3. The van der Waals surface area contributed by atoms with Gasteiger partial charge in [0.05, 0.1) is 11.1 Å². The van der Waals surface area contributed by atoms with Crippen LogP contribution >= 0.6 is 0 Å². The second-order valence-corrected chi connectivity index (χ2v) is 7.99. The summed E-state index contributed by atoms with van der Waals surface area (Å²) < 4.78 is 53.1. The first-order chi connectivity index (χ1) is 15.8. The molecule has 0 radical (unpaired) electrons. The van der Waals surface area contributed by atoms with E-state index in [2.05, 4.69) is 43.0 Å². The zero-order valence-electron chi connectivity index (χ0n) is 18.1. The van der Waals surface area contributed by atoms with Crippen molar-refractivity contribution >= 4 is 10.8 Å². The summed E-state index contributed by atoms with van der Waals surface area (Å²) >= 11 is 0. The topological polar surface area (TPSA) is 0 Å². The van der Waals surface area contributed by atoms with Crippen molar-refractivity contribution in [3.8, 4) is 23.0 Å². The predicted molar refractivity (Wildman–Crippen MR) is 125 cm³/mol. The third-order valence-electron chi connectivity index (χ3n) is 5.61. The van der Waals surface area contributed by atoms with E-state index in [-0.39, 0.29) is 5.56 Å². The van der Waals surface area contributed by atoms with Gasteiger partial charge >= 0.3 is 6.18 Å². The van der Waals surface area contributed by atoms with Crippen LogP contribution < -0.4 is 0 Å². The number of halogens is 4. The van der Waals surface area contributed by atoms with Gasteiger partial charge in [-0.1, -0.05) is 67.6 Å². The minimum absolute atomic E-state index is 0.204. The smallest absolute Gasteiger partial charge is 0.205 e. The summed E-state index contributed by atoms with van der Waals surface area (Å²) in [7, 11) is 0. The quantitative estimate of drug-likeness (QED) is 0.218. The van der Waals surface area contributed by atoms with Crippen LogP contribution in [0.15, 0.2) is 78.9 Å². The lowest BCUT2D eigenvalue weighted by Crippen LogP contribution is -2.04. The minimum Gasteiger partial charge on any atom is -0.205 e. The number of hydrogen-bond donors (Lipinski definition) is 0. The number of hydrogen-bond acceptors (Lipinski definition) is 0. The van der Waals surface area contributed by atoms with Crippen molar-refractivity contribution in [2.75, 3.05) is 0 Å². The van der Waals surface area contributed by atoms with E-state index < -0.39 is 17.6 Å². The highest BCUT2D eigenvalue weighted by Gasteiger charge is 2.29. The van der Waals surface area contributed by atoms with E-state index in [0.717, 1.165) is 41.5 Å². The second kappa shape index (κ2) is 9.50. The number of rotatable bonds is 4. The van der Waals surface area contributed by atoms with Gasteiger partial charge in [-0.05, 0) is 71.3 Å². The van der Waals surface area contributed by atoms with Gasteiger partial charge in [-0.3, -0.25) is 0 Å². The summed E-state index contributed by atoms with van der Waals surface area (Å²) in [6.07, 6.45) is -1.00. The van der Waals surface area contributed by atoms with Gasteiger partial charge in [0, 0.05) is 10.9 Å². The highest BCUT2D eigenvalue weighted by molar-refractivity contribution is 5.89. The van der Waals surface area contributed by atoms with Crippen LogP contribution in [-0.4, -0.2) is 0 Å². The molecular formula is C29H22F4. The molecule has 0 unspecified atom stereocenters. The highest BCUT2D eigenvalue weighted by atomic mass is 19.4. The van der Waals surface area contributed by atoms with Crippen molar-refractivity contribution in [3.05, 3.63) is 107 Å². The van der Waals surface area contributed by atoms with Gasteiger partial charge in [0.2, 0.25) is 0 Å². The molecule has 4 aromatic carbocycles. The first-order valence-electron chi connectivity index (χ1n) is 10.9. The zero-order chi connectivity index (χ0) is 23.4. The molecule has 4 rings (SSSR count). The van der Waals surface area contributed by atoms with E-state index in [1.165, 1.54) is 24.1 Å². The molecule has 0 aliphatic heterocycles. The van der Waals surface area contributed by atoms with E-state index in [4.69, 9.17) is 0 Å². The van der Waals surface area contributed by atoms with Gasteiger partial charge < -0.3 is 0 Å². The largest absolute Gasteiger partial charge is 0.416 e. The van der Waals surface area contributed by atoms with Crippen molar-refractivity contribution in [1.82, 2.24) is 0 Å². The average molecular weight is 446 g/mol. The molecule has 0 fully saturated rings. The van der Waals surface area contributed by atoms with Crippen LogP contribution in [0.3, 0.4) is 0 Å². The number of alkyl halides is 3. The van der Waals surface area contributed by atoms with E-state index in [9.17, 15) is 13.2 Å². The van der Waals surface area contributed by atoms with Gasteiger partial charge in [-0.15, -0.1) is 0 Å². The highest BCUT2D eigenvalue weighted by Crippen LogP contribution is 2.30. The van der Waals surface area contributed by atoms with Crippen LogP contribution in [0.1, 0.15) is 42.0 Å². The molecule has 0 atom stereocenters. The van der Waals surface area contributed by atoms with Crippen molar-refractivity contribution in [2.24, 2.45) is 0 Å². The molecular weight excluding hydrogens is 424 g/mol. The van der Waals surface area contributed by atoms with Crippen molar-refractivity contribution in [3.63, 3.8) is 0 Å². The van der Waals surface area contributed by atoms with Gasteiger partial charge in [0.15, 0.2) is 0 Å². The molecule has 0 aromatic heterocycles. The number of unbranched alkanes of at least 4 members (excludes halogenated alkanes) is 1. The first-order valence-corrected chi connectivity index (χ1v) is 10.9. The molecule has 0 N–H and O–H groups in total. The van der Waals surface area contributed by atoms with E-state index in [1.807, 2.05) is 18.2 Å². The fourth-order valence-corrected chi connectivity index (χ4v) is 3.69. The maximum atomic E-state index is 15.0. The molecule has 0 saturated carbocycles. The molecule has 33 heavy (non-hydrogen) atoms. The molecule has 0 saturated heterocycles. The summed E-state index contributed by atoms with van der Waals surface area (Å²) in [4.78, 5) is 0. The van der Waals surface area contributed by atoms with Crippen LogP contribution in [0.4, 0.5) is 17.6 Å². The molecule has 4 aromatic rings. The summed E-state index contributed by atoms with van der Waals surface area (Å²) in [5, 5.41) is 1.22. The normalized spacial score (nSPS) is 11.3. The third kappa shape index (κ3) is 5.26. The van der Waals surface area contributed by atoms with Gasteiger partial charge in [-0.2, -0.15) is 13.2 Å². The predicted octanol–water partition coefficient (Wildman–Crippen LogP) is 8.41. The van der Waals surface area contributed by atoms with Gasteiger partial charge in [-0.25, -0.2) is 4.39 Å². The molecule has 4 heteroatoms. The van der Waals surface area contributed by atoms with Crippen LogP contribution in [0.5, 0.6) is 0 Å². The Morgan fingerprint density at radius 2 is 1.45 bits per heavy atom. The monoisotopic (exact) mass is 446 g/mol. The summed E-state index contributed by atoms with van der Waals surface area (Å²) in [6.45, 7) is 2.17. The van der Waals surface area contributed by atoms with E-state index >= 15 is 4.39 Å². The molecule has 0 spiro atoms. The number of benzene rings is 4. The van der Waals surface area contributed by atoms with Crippen LogP contribution in [0.2, 0.25) is 0 Å². The summed E-state index contributed by atoms with van der Waals surface area (Å²) in [6, 6.07) is 22.0. The Morgan fingerprint density at radius 1 is 0.758 bits per heavy atom. The average Bonchev–Trinajstić information content (AvgIpc) is 2.82. The Hall–Kier alpha value is -3.58. The molecule has 0 amide bonds. The lowest BCUT2D eigenvalue weighted by Gasteiger charge is -2.07. The third-order valence-corrected chi connectivity index (χ3v) is 5.61. The molecule has 0 aliphatic carbocycles. The molecule has 166 valence electrons. The van der Waals surface area contributed by atoms with Crippen LogP contribution in [0.25, 0.3) is 21.9 Å². The van der Waals surface area contributed by atoms with Crippen molar-refractivity contribution in [2.45, 2.75) is 32.4 Å². The van der Waals surface area contributed by atoms with Crippen LogP contribution in [-0.2, 0) is 12.6 Å². The lowest BCUT2D eigenvalue weighted by atomic mass is 9.98. The summed E-state index contributed by atoms with van der Waals surface area (Å²) in [5.74, 6) is 5.05. The Kier molecular flexibility index (Phi) is 6.51. The molecule has 0 nitrogen and oxygen atoms in total. The lowest BCUT2D eigenvalue weighted by molar-refractivity contribution is -0.137.